The van der Waals surface area contributed by atoms with E-state index in [0.29, 0.717) is 24.9 Å². The maximum absolute atomic E-state index is 11.5. The maximum Gasteiger partial charge on any atom is 0.224 e. The Morgan fingerprint density at radius 3 is 3.00 bits per heavy atom. The first-order valence-corrected chi connectivity index (χ1v) is 6.02. The molecule has 0 aliphatic carbocycles. The minimum atomic E-state index is -0.129. The van der Waals surface area contributed by atoms with E-state index in [4.69, 9.17) is 16.7 Å². The fourth-order valence-corrected chi connectivity index (χ4v) is 1.60. The van der Waals surface area contributed by atoms with Crippen molar-refractivity contribution in [3.8, 4) is 0 Å². The SMILES string of the molecule is O=C(CCCCO)Nc1cc(Br)cnc1Cl. The lowest BCUT2D eigenvalue weighted by atomic mass is 10.2. The molecule has 1 rings (SSSR count). The summed E-state index contributed by atoms with van der Waals surface area (Å²) < 4.78 is 0.752. The van der Waals surface area contributed by atoms with Crippen LogP contribution in [0.25, 0.3) is 0 Å². The van der Waals surface area contributed by atoms with Gasteiger partial charge in [-0.25, -0.2) is 4.98 Å². The van der Waals surface area contributed by atoms with Gasteiger partial charge in [0.2, 0.25) is 5.91 Å². The normalized spacial score (nSPS) is 10.2. The number of pyridine rings is 1. The molecule has 6 heteroatoms. The number of nitrogens with zero attached hydrogens (tertiary/aromatic N) is 1. The number of carbonyl (C=O) groups excluding carboxylic acids is 1. The fourth-order valence-electron chi connectivity index (χ4n) is 1.12. The van der Waals surface area contributed by atoms with Gasteiger partial charge in [-0.15, -0.1) is 0 Å². The number of nitrogens with one attached hydrogen (secondary N) is 1. The Morgan fingerprint density at radius 1 is 1.56 bits per heavy atom. The van der Waals surface area contributed by atoms with Crippen molar-refractivity contribution in [3.63, 3.8) is 0 Å². The summed E-state index contributed by atoms with van der Waals surface area (Å²) in [4.78, 5) is 15.3. The van der Waals surface area contributed by atoms with Gasteiger partial charge in [-0.05, 0) is 34.8 Å². The van der Waals surface area contributed by atoms with E-state index < -0.39 is 0 Å². The third kappa shape index (κ3) is 4.47. The van der Waals surface area contributed by atoms with Crippen molar-refractivity contribution in [2.75, 3.05) is 11.9 Å². The van der Waals surface area contributed by atoms with E-state index in [1.54, 1.807) is 12.3 Å². The van der Waals surface area contributed by atoms with Gasteiger partial charge in [-0.2, -0.15) is 0 Å². The molecule has 0 radical (unpaired) electrons. The van der Waals surface area contributed by atoms with Crippen molar-refractivity contribution in [1.82, 2.24) is 4.98 Å². The van der Waals surface area contributed by atoms with Crippen LogP contribution in [0.15, 0.2) is 16.7 Å². The molecule has 1 aromatic rings. The van der Waals surface area contributed by atoms with Crippen molar-refractivity contribution >= 4 is 39.1 Å². The number of carbonyl (C=O) groups is 1. The number of hydrogen-bond donors (Lipinski definition) is 2. The number of halogens is 2. The van der Waals surface area contributed by atoms with Gasteiger partial charge in [-0.3, -0.25) is 4.79 Å². The molecule has 1 amide bonds. The van der Waals surface area contributed by atoms with Crippen molar-refractivity contribution in [2.45, 2.75) is 19.3 Å². The van der Waals surface area contributed by atoms with Crippen LogP contribution in [0.2, 0.25) is 5.15 Å². The number of aliphatic hydroxyl groups excluding tert-OH is 1. The van der Waals surface area contributed by atoms with Crippen LogP contribution in [0.4, 0.5) is 5.69 Å². The largest absolute Gasteiger partial charge is 0.396 e. The highest BCUT2D eigenvalue weighted by molar-refractivity contribution is 9.10. The molecule has 0 aromatic carbocycles. The van der Waals surface area contributed by atoms with Gasteiger partial charge in [0.1, 0.15) is 0 Å². The Labute approximate surface area is 107 Å². The van der Waals surface area contributed by atoms with Crippen LogP contribution in [-0.4, -0.2) is 22.6 Å². The smallest absolute Gasteiger partial charge is 0.224 e. The zero-order valence-corrected chi connectivity index (χ0v) is 10.9. The van der Waals surface area contributed by atoms with Gasteiger partial charge in [0, 0.05) is 23.7 Å². The van der Waals surface area contributed by atoms with Crippen molar-refractivity contribution in [3.05, 3.63) is 21.9 Å². The van der Waals surface area contributed by atoms with Crippen LogP contribution >= 0.6 is 27.5 Å². The zero-order valence-electron chi connectivity index (χ0n) is 8.54. The van der Waals surface area contributed by atoms with E-state index in [1.807, 2.05) is 0 Å². The number of rotatable bonds is 5. The predicted molar refractivity (Wildman–Crippen MR) is 66.5 cm³/mol. The Morgan fingerprint density at radius 2 is 2.31 bits per heavy atom. The third-order valence-corrected chi connectivity index (χ3v) is 2.63. The number of unbranched alkanes of at least 4 members (excludes halogenated alkanes) is 1. The van der Waals surface area contributed by atoms with Crippen LogP contribution in [0.1, 0.15) is 19.3 Å². The molecule has 4 nitrogen and oxygen atoms in total. The molecule has 88 valence electrons. The van der Waals surface area contributed by atoms with E-state index in [0.717, 1.165) is 4.47 Å². The van der Waals surface area contributed by atoms with Crippen LogP contribution in [-0.2, 0) is 4.79 Å². The van der Waals surface area contributed by atoms with Gasteiger partial charge in [-0.1, -0.05) is 11.6 Å². The molecule has 0 aliphatic heterocycles. The molecule has 0 spiro atoms. The summed E-state index contributed by atoms with van der Waals surface area (Å²) in [7, 11) is 0. The summed E-state index contributed by atoms with van der Waals surface area (Å²) in [5, 5.41) is 11.5. The second-order valence-corrected chi connectivity index (χ2v) is 4.49. The Balaban J connectivity index is 2.52. The maximum atomic E-state index is 11.5. The zero-order chi connectivity index (χ0) is 12.0. The average Bonchev–Trinajstić information content (AvgIpc) is 2.24. The summed E-state index contributed by atoms with van der Waals surface area (Å²) in [6, 6.07) is 1.69. The highest BCUT2D eigenvalue weighted by Crippen LogP contribution is 2.23. The van der Waals surface area contributed by atoms with E-state index in [1.165, 1.54) is 0 Å². The fraction of sp³-hybridized carbons (Fsp3) is 0.400. The second kappa shape index (κ2) is 6.83. The van der Waals surface area contributed by atoms with Gasteiger partial charge < -0.3 is 10.4 Å². The lowest BCUT2D eigenvalue weighted by molar-refractivity contribution is -0.116. The van der Waals surface area contributed by atoms with Crippen LogP contribution in [0, 0.1) is 0 Å². The predicted octanol–water partition coefficient (Wildman–Crippen LogP) is 2.60. The average molecular weight is 308 g/mol. The molecular formula is C10H12BrClN2O2. The number of aliphatic hydroxyl groups is 1. The molecule has 0 unspecified atom stereocenters. The molecule has 2 N–H and O–H groups in total. The molecule has 0 aliphatic rings. The lowest BCUT2D eigenvalue weighted by Crippen LogP contribution is -2.12. The molecule has 0 fully saturated rings. The van der Waals surface area contributed by atoms with Crippen molar-refractivity contribution in [1.29, 1.82) is 0 Å². The van der Waals surface area contributed by atoms with Gasteiger partial charge >= 0.3 is 0 Å². The second-order valence-electron chi connectivity index (χ2n) is 3.22. The highest BCUT2D eigenvalue weighted by Gasteiger charge is 2.06. The quantitative estimate of drug-likeness (QED) is 0.649. The van der Waals surface area contributed by atoms with E-state index in [-0.39, 0.29) is 17.7 Å². The van der Waals surface area contributed by atoms with Crippen molar-refractivity contribution in [2.24, 2.45) is 0 Å². The summed E-state index contributed by atoms with van der Waals surface area (Å²) in [5.74, 6) is -0.129. The Kier molecular flexibility index (Phi) is 5.73. The topological polar surface area (TPSA) is 62.2 Å². The molecule has 1 aromatic heterocycles. The van der Waals surface area contributed by atoms with E-state index in [2.05, 4.69) is 26.2 Å². The van der Waals surface area contributed by atoms with Gasteiger partial charge in [0.25, 0.3) is 0 Å². The van der Waals surface area contributed by atoms with E-state index in [9.17, 15) is 4.79 Å². The molecular weight excluding hydrogens is 295 g/mol. The first-order chi connectivity index (χ1) is 7.63. The molecule has 1 heterocycles. The minimum absolute atomic E-state index is 0.104. The number of aromatic nitrogens is 1. The standard InChI is InChI=1S/C10H12BrClN2O2/c11-7-5-8(10(12)13-6-7)14-9(16)3-1-2-4-15/h5-6,15H,1-4H2,(H,14,16). The lowest BCUT2D eigenvalue weighted by Gasteiger charge is -2.06. The van der Waals surface area contributed by atoms with Gasteiger partial charge in [0.15, 0.2) is 5.15 Å². The molecule has 0 bridgehead atoms. The summed E-state index contributed by atoms with van der Waals surface area (Å²) in [6.45, 7) is 0.104. The number of anilines is 1. The summed E-state index contributed by atoms with van der Waals surface area (Å²) >= 11 is 9.06. The third-order valence-electron chi connectivity index (χ3n) is 1.89. The minimum Gasteiger partial charge on any atom is -0.396 e. The van der Waals surface area contributed by atoms with Crippen molar-refractivity contribution < 1.29 is 9.90 Å². The molecule has 0 saturated carbocycles. The Bertz CT molecular complexity index is 374. The first kappa shape index (κ1) is 13.4. The number of amides is 1. The molecule has 0 saturated heterocycles. The van der Waals surface area contributed by atoms with Crippen LogP contribution in [0.5, 0.6) is 0 Å². The molecule has 0 atom stereocenters. The van der Waals surface area contributed by atoms with Gasteiger partial charge in [0.05, 0.1) is 5.69 Å². The summed E-state index contributed by atoms with van der Waals surface area (Å²) in [5.41, 5.74) is 0.491. The molecule has 16 heavy (non-hydrogen) atoms. The monoisotopic (exact) mass is 306 g/mol. The Hall–Kier alpha value is -0.650. The first-order valence-electron chi connectivity index (χ1n) is 4.85. The highest BCUT2D eigenvalue weighted by atomic mass is 79.9. The van der Waals surface area contributed by atoms with Crippen LogP contribution in [0.3, 0.4) is 0 Å². The van der Waals surface area contributed by atoms with Crippen LogP contribution < -0.4 is 5.32 Å². The van der Waals surface area contributed by atoms with E-state index >= 15 is 0 Å². The summed E-state index contributed by atoms with van der Waals surface area (Å²) in [6.07, 6.45) is 3.20. The number of hydrogen-bond acceptors (Lipinski definition) is 3.